The summed E-state index contributed by atoms with van der Waals surface area (Å²) in [6, 6.07) is 9.51. The van der Waals surface area contributed by atoms with Crippen molar-refractivity contribution in [3.8, 4) is 0 Å². The van der Waals surface area contributed by atoms with Gasteiger partial charge in [-0.2, -0.15) is 0 Å². The molecule has 1 amide bonds. The number of benzene rings is 1. The minimum Gasteiger partial charge on any atom is -0.326 e. The zero-order valence-electron chi connectivity index (χ0n) is 13.6. The molecule has 6 nitrogen and oxygen atoms in total. The van der Waals surface area contributed by atoms with Gasteiger partial charge in [-0.05, 0) is 60.7 Å². The van der Waals surface area contributed by atoms with Crippen molar-refractivity contribution in [2.75, 3.05) is 10.0 Å². The molecule has 2 heterocycles. The van der Waals surface area contributed by atoms with Crippen LogP contribution in [0.25, 0.3) is 0 Å². The maximum atomic E-state index is 12.5. The summed E-state index contributed by atoms with van der Waals surface area (Å²) in [5.41, 5.74) is 2.92. The van der Waals surface area contributed by atoms with Crippen LogP contribution in [0, 0.1) is 10.8 Å². The highest BCUT2D eigenvalue weighted by molar-refractivity contribution is 8.00. The number of hydrogen-bond donors (Lipinski definition) is 4. The normalized spacial score (nSPS) is 17.4. The van der Waals surface area contributed by atoms with Crippen molar-refractivity contribution >= 4 is 35.6 Å². The van der Waals surface area contributed by atoms with Crippen molar-refractivity contribution < 1.29 is 4.79 Å². The Morgan fingerprint density at radius 3 is 2.80 bits per heavy atom. The van der Waals surface area contributed by atoms with Crippen LogP contribution < -0.4 is 15.5 Å². The van der Waals surface area contributed by atoms with E-state index in [0.717, 1.165) is 53.9 Å². The number of nitrogens with one attached hydrogen (secondary N) is 4. The molecule has 1 saturated carbocycles. The summed E-state index contributed by atoms with van der Waals surface area (Å²) >= 11 is 1.43. The molecule has 4 N–H and O–H groups in total. The topological polar surface area (TPSA) is 93.8 Å². The van der Waals surface area contributed by atoms with Gasteiger partial charge >= 0.3 is 0 Å². The van der Waals surface area contributed by atoms with Crippen LogP contribution in [0.5, 0.6) is 0 Å². The number of hydrogen-bond acceptors (Lipinski definition) is 5. The molecule has 0 unspecified atom stereocenters. The van der Waals surface area contributed by atoms with Crippen LogP contribution in [0.15, 0.2) is 41.4 Å². The first-order valence-corrected chi connectivity index (χ1v) is 9.10. The third-order valence-corrected chi connectivity index (χ3v) is 5.87. The summed E-state index contributed by atoms with van der Waals surface area (Å²) in [5.74, 6) is 0.142. The van der Waals surface area contributed by atoms with Crippen molar-refractivity contribution in [2.24, 2.45) is 0 Å². The van der Waals surface area contributed by atoms with Crippen LogP contribution >= 0.6 is 11.9 Å². The Morgan fingerprint density at radius 2 is 2.04 bits per heavy atom. The van der Waals surface area contributed by atoms with E-state index < -0.39 is 0 Å². The number of carbonyl (C=O) groups excluding carboxylic acids is 1. The van der Waals surface area contributed by atoms with Crippen LogP contribution in [0.3, 0.4) is 0 Å². The van der Waals surface area contributed by atoms with E-state index in [1.807, 2.05) is 18.2 Å². The van der Waals surface area contributed by atoms with Gasteiger partial charge < -0.3 is 10.0 Å². The summed E-state index contributed by atoms with van der Waals surface area (Å²) in [5, 5.41) is 18.1. The number of aromatic nitrogens is 1. The molecular weight excluding hydrogens is 334 g/mol. The molecule has 1 fully saturated rings. The van der Waals surface area contributed by atoms with Crippen LogP contribution in [0.4, 0.5) is 11.4 Å². The highest BCUT2D eigenvalue weighted by atomic mass is 32.2. The second-order valence-corrected chi connectivity index (χ2v) is 7.37. The first kappa shape index (κ1) is 16.0. The van der Waals surface area contributed by atoms with Gasteiger partial charge in [-0.1, -0.05) is 12.8 Å². The van der Waals surface area contributed by atoms with Gasteiger partial charge in [0.05, 0.1) is 11.8 Å². The van der Waals surface area contributed by atoms with Gasteiger partial charge in [0, 0.05) is 22.5 Å². The Morgan fingerprint density at radius 1 is 1.24 bits per heavy atom. The van der Waals surface area contributed by atoms with Crippen LogP contribution in [-0.4, -0.2) is 16.8 Å². The molecule has 1 spiro atoms. The lowest BCUT2D eigenvalue weighted by molar-refractivity contribution is -0.120. The smallest absolute Gasteiger partial charge is 0.235 e. The highest BCUT2D eigenvalue weighted by Gasteiger charge is 2.48. The summed E-state index contributed by atoms with van der Waals surface area (Å²) in [4.78, 5) is 13.4. The maximum absolute atomic E-state index is 12.5. The highest BCUT2D eigenvalue weighted by Crippen LogP contribution is 2.49. The Hall–Kier alpha value is -2.54. The number of carbonyl (C=O) groups is 1. The average Bonchev–Trinajstić information content (AvgIpc) is 3.22. The fourth-order valence-electron chi connectivity index (χ4n) is 3.73. The number of pyridine rings is 1. The number of amides is 1. The van der Waals surface area contributed by atoms with Crippen molar-refractivity contribution in [1.82, 2.24) is 4.57 Å². The second-order valence-electron chi connectivity index (χ2n) is 6.49. The second kappa shape index (κ2) is 6.07. The number of fused-ring (bicyclic) bond motifs is 2. The van der Waals surface area contributed by atoms with Crippen molar-refractivity contribution in [3.05, 3.63) is 47.6 Å². The number of rotatable bonds is 4. The van der Waals surface area contributed by atoms with E-state index in [1.54, 1.807) is 12.3 Å². The largest absolute Gasteiger partial charge is 0.326 e. The third kappa shape index (κ3) is 2.64. The van der Waals surface area contributed by atoms with Crippen molar-refractivity contribution in [2.45, 2.75) is 36.0 Å². The molecule has 0 radical (unpaired) electrons. The van der Waals surface area contributed by atoms with Gasteiger partial charge in [0.1, 0.15) is 5.49 Å². The Balaban J connectivity index is 1.57. The molecular formula is C18H19N5OS. The molecule has 0 saturated heterocycles. The molecule has 2 aromatic rings. The van der Waals surface area contributed by atoms with Crippen LogP contribution in [0.2, 0.25) is 0 Å². The van der Waals surface area contributed by atoms with Gasteiger partial charge in [0.15, 0.2) is 0 Å². The average molecular weight is 353 g/mol. The molecule has 25 heavy (non-hydrogen) atoms. The maximum Gasteiger partial charge on any atom is 0.235 e. The fourth-order valence-corrected chi connectivity index (χ4v) is 4.40. The molecule has 4 rings (SSSR count). The van der Waals surface area contributed by atoms with Crippen molar-refractivity contribution in [3.63, 3.8) is 0 Å². The van der Waals surface area contributed by atoms with Crippen molar-refractivity contribution in [1.29, 1.82) is 10.8 Å². The molecule has 1 aliphatic carbocycles. The summed E-state index contributed by atoms with van der Waals surface area (Å²) < 4.78 is 4.76. The summed E-state index contributed by atoms with van der Waals surface area (Å²) in [6.45, 7) is 0. The van der Waals surface area contributed by atoms with E-state index in [4.69, 9.17) is 10.8 Å². The monoisotopic (exact) mass is 353 g/mol. The first-order chi connectivity index (χ1) is 12.1. The van der Waals surface area contributed by atoms with Gasteiger partial charge in [-0.15, -0.1) is 0 Å². The molecule has 0 bridgehead atoms. The minimum atomic E-state index is -0.340. The van der Waals surface area contributed by atoms with E-state index in [1.165, 1.54) is 16.5 Å². The van der Waals surface area contributed by atoms with E-state index in [9.17, 15) is 4.79 Å². The predicted octanol–water partition coefficient (Wildman–Crippen LogP) is 3.31. The van der Waals surface area contributed by atoms with E-state index in [0.29, 0.717) is 0 Å². The zero-order chi connectivity index (χ0) is 17.4. The lowest BCUT2D eigenvalue weighted by atomic mass is 9.80. The van der Waals surface area contributed by atoms with Gasteiger partial charge in [0.25, 0.3) is 0 Å². The Kier molecular flexibility index (Phi) is 3.88. The van der Waals surface area contributed by atoms with Gasteiger partial charge in [-0.3, -0.25) is 20.2 Å². The molecule has 0 atom stereocenters. The lowest BCUT2D eigenvalue weighted by Crippen LogP contribution is -2.30. The molecule has 1 aromatic heterocycles. The molecule has 128 valence electrons. The SMILES string of the molecule is N=Cn1cc(SNc2ccc3c(c2)C2(CCCC2)C(=O)N3)ccc1=N. The van der Waals surface area contributed by atoms with E-state index in [-0.39, 0.29) is 16.8 Å². The lowest BCUT2D eigenvalue weighted by Gasteiger charge is -2.21. The Bertz CT molecular complexity index is 914. The Labute approximate surface area is 149 Å². The molecule has 2 aliphatic rings. The zero-order valence-corrected chi connectivity index (χ0v) is 14.5. The number of anilines is 2. The minimum absolute atomic E-state index is 0.142. The van der Waals surface area contributed by atoms with Crippen LogP contribution in [-0.2, 0) is 10.2 Å². The number of nitrogens with zero attached hydrogens (tertiary/aromatic N) is 1. The molecule has 7 heteroatoms. The quantitative estimate of drug-likeness (QED) is 0.386. The van der Waals surface area contributed by atoms with Gasteiger partial charge in [0.2, 0.25) is 5.91 Å². The predicted molar refractivity (Wildman–Crippen MR) is 99.2 cm³/mol. The fraction of sp³-hybridized carbons (Fsp3) is 0.278. The third-order valence-electron chi connectivity index (χ3n) is 5.05. The van der Waals surface area contributed by atoms with Crippen LogP contribution in [0.1, 0.15) is 31.2 Å². The van der Waals surface area contributed by atoms with E-state index in [2.05, 4.69) is 16.1 Å². The van der Waals surface area contributed by atoms with E-state index >= 15 is 0 Å². The summed E-state index contributed by atoms with van der Waals surface area (Å²) in [6.07, 6.45) is 6.90. The standard InChI is InChI=1S/C18H19N5OS/c19-11-23-10-13(4-6-16(23)20)25-22-12-3-5-15-14(9-12)18(17(24)21-15)7-1-2-8-18/h3-6,9-11,19-20,22H,1-2,7-8H2,(H,21,24). The van der Waals surface area contributed by atoms with Gasteiger partial charge in [-0.25, -0.2) is 0 Å². The molecule has 1 aliphatic heterocycles. The summed E-state index contributed by atoms with van der Waals surface area (Å²) in [7, 11) is 0. The molecule has 1 aromatic carbocycles. The first-order valence-electron chi connectivity index (χ1n) is 8.29.